The van der Waals surface area contributed by atoms with Crippen LogP contribution in [0.3, 0.4) is 0 Å². The Bertz CT molecular complexity index is 154. The summed E-state index contributed by atoms with van der Waals surface area (Å²) < 4.78 is 0. The maximum atomic E-state index is 10.5. The monoisotopic (exact) mass is 143 g/mol. The van der Waals surface area contributed by atoms with E-state index in [1.807, 2.05) is 0 Å². The van der Waals surface area contributed by atoms with Crippen molar-refractivity contribution in [2.24, 2.45) is 0 Å². The molecular formula is C7H13NO2. The molecule has 1 amide bonds. The van der Waals surface area contributed by atoms with Gasteiger partial charge in [0.2, 0.25) is 5.91 Å². The molecular weight excluding hydrogens is 130 g/mol. The summed E-state index contributed by atoms with van der Waals surface area (Å²) in [7, 11) is 0. The summed E-state index contributed by atoms with van der Waals surface area (Å²) in [5.74, 6) is -0.0648. The van der Waals surface area contributed by atoms with Gasteiger partial charge in [-0.2, -0.15) is 0 Å². The van der Waals surface area contributed by atoms with Gasteiger partial charge in [0, 0.05) is 6.92 Å². The van der Waals surface area contributed by atoms with Crippen LogP contribution in [0.2, 0.25) is 0 Å². The lowest BCUT2D eigenvalue weighted by Crippen LogP contribution is -2.58. The largest absolute Gasteiger partial charge is 0.388 e. The maximum Gasteiger partial charge on any atom is 0.217 e. The van der Waals surface area contributed by atoms with E-state index in [4.69, 9.17) is 0 Å². The lowest BCUT2D eigenvalue weighted by atomic mass is 9.76. The van der Waals surface area contributed by atoms with Crippen LogP contribution in [0.1, 0.15) is 26.7 Å². The smallest absolute Gasteiger partial charge is 0.217 e. The van der Waals surface area contributed by atoms with Gasteiger partial charge < -0.3 is 10.4 Å². The Kier molecular flexibility index (Phi) is 1.68. The van der Waals surface area contributed by atoms with Crippen LogP contribution in [0.5, 0.6) is 0 Å². The molecule has 0 aromatic carbocycles. The quantitative estimate of drug-likeness (QED) is 0.544. The number of nitrogens with one attached hydrogen (secondary N) is 1. The number of carbonyl (C=O) groups excluding carboxylic acids is 1. The maximum absolute atomic E-state index is 10.5. The minimum Gasteiger partial charge on any atom is -0.388 e. The van der Waals surface area contributed by atoms with E-state index in [1.165, 1.54) is 6.92 Å². The molecule has 0 heterocycles. The number of rotatable bonds is 1. The Hall–Kier alpha value is -0.570. The van der Waals surface area contributed by atoms with Crippen molar-refractivity contribution in [1.82, 2.24) is 5.32 Å². The first-order chi connectivity index (χ1) is 4.52. The van der Waals surface area contributed by atoms with Gasteiger partial charge in [0.05, 0.1) is 11.6 Å². The van der Waals surface area contributed by atoms with Crippen LogP contribution in [-0.4, -0.2) is 22.7 Å². The summed E-state index contributed by atoms with van der Waals surface area (Å²) >= 11 is 0. The lowest BCUT2D eigenvalue weighted by molar-refractivity contribution is -0.125. The molecule has 0 bridgehead atoms. The van der Waals surface area contributed by atoms with Crippen LogP contribution in [-0.2, 0) is 4.79 Å². The molecule has 1 fully saturated rings. The Balaban J connectivity index is 2.37. The molecule has 0 aromatic heterocycles. The molecule has 0 saturated heterocycles. The summed E-state index contributed by atoms with van der Waals surface area (Å²) in [6.07, 6.45) is 1.69. The predicted octanol–water partition coefficient (Wildman–Crippen LogP) is 0.0359. The summed E-state index contributed by atoms with van der Waals surface area (Å²) in [4.78, 5) is 10.5. The zero-order chi connectivity index (χ0) is 7.78. The Labute approximate surface area is 60.4 Å². The SMILES string of the molecule is CC(=O)N[C@@H]1CC[C@@]1(C)O. The van der Waals surface area contributed by atoms with E-state index in [0.29, 0.717) is 0 Å². The third-order valence-corrected chi connectivity index (χ3v) is 2.07. The third-order valence-electron chi connectivity index (χ3n) is 2.07. The lowest BCUT2D eigenvalue weighted by Gasteiger charge is -2.42. The molecule has 0 unspecified atom stereocenters. The summed E-state index contributed by atoms with van der Waals surface area (Å²) in [5, 5.41) is 12.1. The van der Waals surface area contributed by atoms with E-state index in [2.05, 4.69) is 5.32 Å². The molecule has 0 aliphatic heterocycles. The highest BCUT2D eigenvalue weighted by molar-refractivity contribution is 5.73. The van der Waals surface area contributed by atoms with Gasteiger partial charge in [-0.05, 0) is 19.8 Å². The Morgan fingerprint density at radius 1 is 1.80 bits per heavy atom. The van der Waals surface area contributed by atoms with Gasteiger partial charge in [0.15, 0.2) is 0 Å². The van der Waals surface area contributed by atoms with Crippen LogP contribution in [0.15, 0.2) is 0 Å². The highest BCUT2D eigenvalue weighted by Gasteiger charge is 2.41. The summed E-state index contributed by atoms with van der Waals surface area (Å²) in [6.45, 7) is 3.21. The first-order valence-electron chi connectivity index (χ1n) is 3.52. The number of amides is 1. The molecule has 1 aliphatic rings. The van der Waals surface area contributed by atoms with Crippen LogP contribution < -0.4 is 5.32 Å². The predicted molar refractivity (Wildman–Crippen MR) is 37.5 cm³/mol. The van der Waals surface area contributed by atoms with Gasteiger partial charge in [-0.3, -0.25) is 4.79 Å². The van der Waals surface area contributed by atoms with E-state index in [1.54, 1.807) is 6.92 Å². The van der Waals surface area contributed by atoms with Gasteiger partial charge >= 0.3 is 0 Å². The van der Waals surface area contributed by atoms with Gasteiger partial charge in [-0.1, -0.05) is 0 Å². The molecule has 2 N–H and O–H groups in total. The molecule has 3 nitrogen and oxygen atoms in total. The first-order valence-corrected chi connectivity index (χ1v) is 3.52. The molecule has 0 spiro atoms. The van der Waals surface area contributed by atoms with E-state index in [0.717, 1.165) is 12.8 Å². The van der Waals surface area contributed by atoms with Crippen molar-refractivity contribution in [3.63, 3.8) is 0 Å². The Morgan fingerprint density at radius 2 is 2.40 bits per heavy atom. The van der Waals surface area contributed by atoms with Crippen molar-refractivity contribution >= 4 is 5.91 Å². The second kappa shape index (κ2) is 2.23. The number of carbonyl (C=O) groups is 1. The van der Waals surface area contributed by atoms with Gasteiger partial charge in [0.1, 0.15) is 0 Å². The van der Waals surface area contributed by atoms with Crippen molar-refractivity contribution in [3.8, 4) is 0 Å². The standard InChI is InChI=1S/C7H13NO2/c1-5(9)8-6-3-4-7(6,2)10/h6,10H,3-4H2,1-2H3,(H,8,9)/t6-,7-/m1/s1. The zero-order valence-corrected chi connectivity index (χ0v) is 6.35. The summed E-state index contributed by atoms with van der Waals surface area (Å²) in [6, 6.07) is -0.0231. The molecule has 0 aromatic rings. The van der Waals surface area contributed by atoms with E-state index < -0.39 is 5.60 Å². The van der Waals surface area contributed by atoms with E-state index in [-0.39, 0.29) is 11.9 Å². The van der Waals surface area contributed by atoms with Crippen molar-refractivity contribution in [2.75, 3.05) is 0 Å². The molecule has 1 rings (SSSR count). The Morgan fingerprint density at radius 3 is 2.50 bits per heavy atom. The van der Waals surface area contributed by atoms with Crippen molar-refractivity contribution in [1.29, 1.82) is 0 Å². The topological polar surface area (TPSA) is 49.3 Å². The molecule has 1 saturated carbocycles. The van der Waals surface area contributed by atoms with Crippen LogP contribution >= 0.6 is 0 Å². The normalized spacial score (nSPS) is 38.5. The van der Waals surface area contributed by atoms with Gasteiger partial charge in [-0.25, -0.2) is 0 Å². The molecule has 10 heavy (non-hydrogen) atoms. The molecule has 1 aliphatic carbocycles. The van der Waals surface area contributed by atoms with Crippen molar-refractivity contribution in [2.45, 2.75) is 38.3 Å². The fraction of sp³-hybridized carbons (Fsp3) is 0.857. The second-order valence-electron chi connectivity index (χ2n) is 3.15. The second-order valence-corrected chi connectivity index (χ2v) is 3.15. The van der Waals surface area contributed by atoms with E-state index in [9.17, 15) is 9.90 Å². The number of aliphatic hydroxyl groups is 1. The third kappa shape index (κ3) is 1.29. The fourth-order valence-electron chi connectivity index (χ4n) is 1.18. The molecule has 3 heteroatoms. The zero-order valence-electron chi connectivity index (χ0n) is 6.35. The highest BCUT2D eigenvalue weighted by Crippen LogP contribution is 2.31. The average molecular weight is 143 g/mol. The molecule has 58 valence electrons. The van der Waals surface area contributed by atoms with Crippen LogP contribution in [0, 0.1) is 0 Å². The highest BCUT2D eigenvalue weighted by atomic mass is 16.3. The fourth-order valence-corrected chi connectivity index (χ4v) is 1.18. The van der Waals surface area contributed by atoms with Gasteiger partial charge in [0.25, 0.3) is 0 Å². The van der Waals surface area contributed by atoms with Crippen molar-refractivity contribution in [3.05, 3.63) is 0 Å². The summed E-state index contributed by atoms with van der Waals surface area (Å²) in [5.41, 5.74) is -0.661. The van der Waals surface area contributed by atoms with Crippen LogP contribution in [0.4, 0.5) is 0 Å². The number of hydrogen-bond acceptors (Lipinski definition) is 2. The average Bonchev–Trinajstić information content (AvgIpc) is 1.81. The molecule has 2 atom stereocenters. The van der Waals surface area contributed by atoms with Crippen LogP contribution in [0.25, 0.3) is 0 Å². The van der Waals surface area contributed by atoms with E-state index >= 15 is 0 Å². The number of hydrogen-bond donors (Lipinski definition) is 2. The van der Waals surface area contributed by atoms with Crippen molar-refractivity contribution < 1.29 is 9.90 Å². The first kappa shape index (κ1) is 7.54. The minimum absolute atomic E-state index is 0.0231. The minimum atomic E-state index is -0.661. The van der Waals surface area contributed by atoms with Gasteiger partial charge in [-0.15, -0.1) is 0 Å². The molecule has 0 radical (unpaired) electrons.